The molecular weight excluding hydrogens is 242 g/mol. The van der Waals surface area contributed by atoms with Crippen LogP contribution in [0.15, 0.2) is 28.7 Å². The number of aromatic nitrogens is 2. The summed E-state index contributed by atoms with van der Waals surface area (Å²) in [7, 11) is 0. The first-order chi connectivity index (χ1) is 8.29. The van der Waals surface area contributed by atoms with Gasteiger partial charge in [-0.3, -0.25) is 0 Å². The van der Waals surface area contributed by atoms with E-state index >= 15 is 0 Å². The van der Waals surface area contributed by atoms with Crippen molar-refractivity contribution in [3.63, 3.8) is 0 Å². The van der Waals surface area contributed by atoms with E-state index in [1.54, 1.807) is 6.07 Å². The molecule has 0 unspecified atom stereocenters. The minimum absolute atomic E-state index is 0.248. The first-order valence-corrected chi connectivity index (χ1v) is 5.56. The van der Waals surface area contributed by atoms with Gasteiger partial charge in [0.2, 0.25) is 11.8 Å². The standard InChI is InChI=1S/C11H12ClN3O2/c12-8-3-1-2-4-9(8)16-6-5-10-14-15-11(7-13)17-10/h1-4H,5-7,13H2. The van der Waals surface area contributed by atoms with E-state index in [9.17, 15) is 0 Å². The van der Waals surface area contributed by atoms with Crippen LogP contribution in [0.4, 0.5) is 0 Å². The Labute approximate surface area is 104 Å². The fourth-order valence-corrected chi connectivity index (χ4v) is 1.47. The smallest absolute Gasteiger partial charge is 0.230 e. The van der Waals surface area contributed by atoms with Gasteiger partial charge in [0, 0.05) is 0 Å². The van der Waals surface area contributed by atoms with Crippen molar-refractivity contribution in [2.24, 2.45) is 5.73 Å². The molecule has 1 heterocycles. The average molecular weight is 254 g/mol. The van der Waals surface area contributed by atoms with Crippen LogP contribution < -0.4 is 10.5 Å². The Kier molecular flexibility index (Phi) is 3.95. The van der Waals surface area contributed by atoms with Gasteiger partial charge in [-0.05, 0) is 12.1 Å². The van der Waals surface area contributed by atoms with Crippen molar-refractivity contribution in [2.75, 3.05) is 6.61 Å². The van der Waals surface area contributed by atoms with Crippen molar-refractivity contribution in [3.05, 3.63) is 41.1 Å². The molecule has 0 aliphatic rings. The molecule has 1 aromatic carbocycles. The third-order valence-electron chi connectivity index (χ3n) is 2.09. The van der Waals surface area contributed by atoms with E-state index in [-0.39, 0.29) is 6.54 Å². The lowest BCUT2D eigenvalue weighted by atomic mass is 10.3. The van der Waals surface area contributed by atoms with Gasteiger partial charge >= 0.3 is 0 Å². The number of nitrogens with zero attached hydrogens (tertiary/aromatic N) is 2. The molecule has 0 spiro atoms. The maximum atomic E-state index is 5.94. The van der Waals surface area contributed by atoms with Crippen molar-refractivity contribution in [2.45, 2.75) is 13.0 Å². The Hall–Kier alpha value is -1.59. The summed E-state index contributed by atoms with van der Waals surface area (Å²) in [6.07, 6.45) is 0.526. The van der Waals surface area contributed by atoms with E-state index in [2.05, 4.69) is 10.2 Å². The summed E-state index contributed by atoms with van der Waals surface area (Å²) in [4.78, 5) is 0. The monoisotopic (exact) mass is 253 g/mol. The molecule has 0 bridgehead atoms. The minimum atomic E-state index is 0.248. The largest absolute Gasteiger partial charge is 0.491 e. The summed E-state index contributed by atoms with van der Waals surface area (Å²) in [5.74, 6) is 1.59. The second-order valence-electron chi connectivity index (χ2n) is 3.32. The fraction of sp³-hybridized carbons (Fsp3) is 0.273. The number of nitrogens with two attached hydrogens (primary N) is 1. The molecule has 90 valence electrons. The van der Waals surface area contributed by atoms with E-state index in [1.807, 2.05) is 18.2 Å². The highest BCUT2D eigenvalue weighted by molar-refractivity contribution is 6.32. The Bertz CT molecular complexity index is 487. The zero-order chi connectivity index (χ0) is 12.1. The zero-order valence-corrected chi connectivity index (χ0v) is 9.85. The fourth-order valence-electron chi connectivity index (χ4n) is 1.28. The van der Waals surface area contributed by atoms with Gasteiger partial charge in [0.25, 0.3) is 0 Å². The van der Waals surface area contributed by atoms with Gasteiger partial charge in [0.1, 0.15) is 5.75 Å². The van der Waals surface area contributed by atoms with Crippen LogP contribution in [0.25, 0.3) is 0 Å². The number of para-hydroxylation sites is 1. The van der Waals surface area contributed by atoms with Gasteiger partial charge in [-0.25, -0.2) is 0 Å². The van der Waals surface area contributed by atoms with Gasteiger partial charge in [0.05, 0.1) is 24.6 Å². The summed E-state index contributed by atoms with van der Waals surface area (Å²) >= 11 is 5.94. The molecule has 1 aromatic heterocycles. The highest BCUT2D eigenvalue weighted by Crippen LogP contribution is 2.23. The molecule has 17 heavy (non-hydrogen) atoms. The topological polar surface area (TPSA) is 74.2 Å². The van der Waals surface area contributed by atoms with Gasteiger partial charge in [-0.1, -0.05) is 23.7 Å². The summed E-state index contributed by atoms with van der Waals surface area (Å²) < 4.78 is 10.7. The Morgan fingerprint density at radius 1 is 1.24 bits per heavy atom. The molecule has 2 N–H and O–H groups in total. The van der Waals surface area contributed by atoms with Crippen LogP contribution in [0.1, 0.15) is 11.8 Å². The lowest BCUT2D eigenvalue weighted by Crippen LogP contribution is -2.02. The summed E-state index contributed by atoms with van der Waals surface area (Å²) in [6, 6.07) is 7.29. The van der Waals surface area contributed by atoms with Gasteiger partial charge < -0.3 is 14.9 Å². The maximum absolute atomic E-state index is 5.94. The van der Waals surface area contributed by atoms with E-state index < -0.39 is 0 Å². The predicted molar refractivity (Wildman–Crippen MR) is 62.8 cm³/mol. The normalized spacial score (nSPS) is 10.5. The molecule has 0 saturated heterocycles. The molecule has 0 aliphatic carbocycles. The molecule has 0 fully saturated rings. The van der Waals surface area contributed by atoms with Crippen LogP contribution in [0, 0.1) is 0 Å². The molecule has 5 nitrogen and oxygen atoms in total. The zero-order valence-electron chi connectivity index (χ0n) is 9.10. The van der Waals surface area contributed by atoms with Crippen LogP contribution in [-0.4, -0.2) is 16.8 Å². The van der Waals surface area contributed by atoms with E-state index in [0.717, 1.165) is 0 Å². The number of hydrogen-bond acceptors (Lipinski definition) is 5. The van der Waals surface area contributed by atoms with Crippen molar-refractivity contribution in [3.8, 4) is 5.75 Å². The molecule has 2 aromatic rings. The van der Waals surface area contributed by atoms with Crippen LogP contribution in [-0.2, 0) is 13.0 Å². The van der Waals surface area contributed by atoms with Crippen molar-refractivity contribution < 1.29 is 9.15 Å². The third-order valence-corrected chi connectivity index (χ3v) is 2.41. The number of benzene rings is 1. The van der Waals surface area contributed by atoms with Gasteiger partial charge in [-0.2, -0.15) is 0 Å². The highest BCUT2D eigenvalue weighted by atomic mass is 35.5. The van der Waals surface area contributed by atoms with E-state index in [1.165, 1.54) is 0 Å². The first-order valence-electron chi connectivity index (χ1n) is 5.18. The Balaban J connectivity index is 1.85. The molecule has 0 saturated carbocycles. The molecule has 0 atom stereocenters. The SMILES string of the molecule is NCc1nnc(CCOc2ccccc2Cl)o1. The lowest BCUT2D eigenvalue weighted by Gasteiger charge is -2.05. The Morgan fingerprint density at radius 2 is 2.00 bits per heavy atom. The van der Waals surface area contributed by atoms with Crippen LogP contribution >= 0.6 is 11.6 Å². The first kappa shape index (κ1) is 11.9. The number of hydrogen-bond donors (Lipinski definition) is 1. The number of halogens is 1. The predicted octanol–water partition coefficient (Wildman–Crippen LogP) is 1.80. The van der Waals surface area contributed by atoms with Gasteiger partial charge in [-0.15, -0.1) is 10.2 Å². The van der Waals surface area contributed by atoms with Crippen LogP contribution in [0.5, 0.6) is 5.75 Å². The third kappa shape index (κ3) is 3.18. The lowest BCUT2D eigenvalue weighted by molar-refractivity contribution is 0.304. The highest BCUT2D eigenvalue weighted by Gasteiger charge is 2.05. The van der Waals surface area contributed by atoms with Crippen LogP contribution in [0.3, 0.4) is 0 Å². The minimum Gasteiger partial charge on any atom is -0.491 e. The van der Waals surface area contributed by atoms with Crippen molar-refractivity contribution in [1.82, 2.24) is 10.2 Å². The molecule has 0 radical (unpaired) electrons. The average Bonchev–Trinajstić information content (AvgIpc) is 2.80. The second-order valence-corrected chi connectivity index (χ2v) is 3.73. The molecule has 6 heteroatoms. The van der Waals surface area contributed by atoms with Gasteiger partial charge in [0.15, 0.2) is 0 Å². The molecule has 0 aliphatic heterocycles. The summed E-state index contributed by atoms with van der Waals surface area (Å²) in [5, 5.41) is 8.17. The van der Waals surface area contributed by atoms with Crippen LogP contribution in [0.2, 0.25) is 5.02 Å². The molecule has 2 rings (SSSR count). The van der Waals surface area contributed by atoms with E-state index in [4.69, 9.17) is 26.5 Å². The van der Waals surface area contributed by atoms with E-state index in [0.29, 0.717) is 35.6 Å². The number of rotatable bonds is 5. The summed E-state index contributed by atoms with van der Waals surface area (Å²) in [5.41, 5.74) is 5.36. The number of ether oxygens (including phenoxy) is 1. The van der Waals surface area contributed by atoms with Crippen molar-refractivity contribution in [1.29, 1.82) is 0 Å². The maximum Gasteiger partial charge on any atom is 0.230 e. The molecule has 0 amide bonds. The Morgan fingerprint density at radius 3 is 2.71 bits per heavy atom. The summed E-state index contributed by atoms with van der Waals surface area (Å²) in [6.45, 7) is 0.675. The second kappa shape index (κ2) is 5.65. The quantitative estimate of drug-likeness (QED) is 0.880. The van der Waals surface area contributed by atoms with Crippen molar-refractivity contribution >= 4 is 11.6 Å². The molecular formula is C11H12ClN3O2.